The fourth-order valence-electron chi connectivity index (χ4n) is 5.98. The number of aliphatic hydroxyl groups excluding tert-OH is 2. The summed E-state index contributed by atoms with van der Waals surface area (Å²) >= 11 is 3.66. The molecule has 1 aliphatic heterocycles. The number of hydrogen-bond acceptors (Lipinski definition) is 6. The van der Waals surface area contributed by atoms with Gasteiger partial charge in [-0.05, 0) is 63.7 Å². The van der Waals surface area contributed by atoms with E-state index >= 15 is 0 Å². The summed E-state index contributed by atoms with van der Waals surface area (Å²) in [5.41, 5.74) is -3.17. The number of halogens is 3. The third-order valence-corrected chi connectivity index (χ3v) is 12.4. The van der Waals surface area contributed by atoms with Crippen molar-refractivity contribution in [3.05, 3.63) is 0 Å². The number of rotatable bonds is 5. The Morgan fingerprint density at radius 1 is 1.03 bits per heavy atom. The topological polar surface area (TPSA) is 66.8 Å². The van der Waals surface area contributed by atoms with Gasteiger partial charge in [-0.25, -0.2) is 0 Å². The van der Waals surface area contributed by atoms with Crippen LogP contribution in [0.15, 0.2) is 0 Å². The van der Waals surface area contributed by atoms with E-state index in [0.717, 1.165) is 33.1 Å². The number of esters is 1. The average Bonchev–Trinajstić information content (AvgIpc) is 2.69. The fourth-order valence-corrected chi connectivity index (χ4v) is 10.1. The molecule has 0 aromatic heterocycles. The average molecular weight is 469 g/mol. The summed E-state index contributed by atoms with van der Waals surface area (Å²) in [7, 11) is 0. The Balaban J connectivity index is 1.48. The number of carbonyl (C=O) groups excluding carboxylic acids is 1. The van der Waals surface area contributed by atoms with E-state index in [1.54, 1.807) is 0 Å². The molecule has 4 nitrogen and oxygen atoms in total. The van der Waals surface area contributed by atoms with Gasteiger partial charge in [-0.15, -0.1) is 23.5 Å². The molecule has 2 unspecified atom stereocenters. The van der Waals surface area contributed by atoms with Crippen molar-refractivity contribution < 1.29 is 32.9 Å². The molecule has 9 heteroatoms. The molecule has 0 aromatic rings. The molecule has 4 bridgehead atoms. The summed E-state index contributed by atoms with van der Waals surface area (Å²) in [4.78, 5) is 13.1. The number of aliphatic hydroxyl groups is 2. The first-order chi connectivity index (χ1) is 13.9. The Bertz CT molecular complexity index is 664. The summed E-state index contributed by atoms with van der Waals surface area (Å²) < 4.78 is 44.8. The van der Waals surface area contributed by atoms with Crippen molar-refractivity contribution in [1.82, 2.24) is 0 Å². The summed E-state index contributed by atoms with van der Waals surface area (Å²) in [6.45, 7) is 1.42. The molecule has 1 heterocycles. The van der Waals surface area contributed by atoms with E-state index in [0.29, 0.717) is 42.1 Å². The summed E-state index contributed by atoms with van der Waals surface area (Å²) in [6, 6.07) is 0. The van der Waals surface area contributed by atoms with E-state index < -0.39 is 35.0 Å². The highest BCUT2D eigenvalue weighted by molar-refractivity contribution is 8.18. The minimum absolute atomic E-state index is 0.0141. The molecule has 2 atom stereocenters. The number of thioether (sulfide) groups is 2. The lowest BCUT2D eigenvalue weighted by Crippen LogP contribution is -2.62. The van der Waals surface area contributed by atoms with Crippen LogP contribution in [-0.4, -0.2) is 57.8 Å². The van der Waals surface area contributed by atoms with Crippen molar-refractivity contribution in [2.24, 2.45) is 34.0 Å². The molecule has 1 saturated heterocycles. The largest absolute Gasteiger partial charge is 0.464 e. The van der Waals surface area contributed by atoms with E-state index in [1.807, 2.05) is 23.5 Å². The third kappa shape index (κ3) is 3.50. The maximum absolute atomic E-state index is 13.2. The van der Waals surface area contributed by atoms with Gasteiger partial charge in [-0.2, -0.15) is 13.2 Å². The number of carbonyl (C=O) groups is 1. The highest BCUT2D eigenvalue weighted by Gasteiger charge is 2.67. The zero-order chi connectivity index (χ0) is 22.0. The molecule has 0 aromatic carbocycles. The van der Waals surface area contributed by atoms with Crippen molar-refractivity contribution >= 4 is 29.5 Å². The lowest BCUT2D eigenvalue weighted by molar-refractivity contribution is -0.230. The molecule has 1 spiro atoms. The fraction of sp³-hybridized carbons (Fsp3) is 0.952. The molecule has 2 N–H and O–H groups in total. The van der Waals surface area contributed by atoms with E-state index in [2.05, 4.69) is 0 Å². The molecule has 5 aliphatic rings. The van der Waals surface area contributed by atoms with E-state index in [9.17, 15) is 28.2 Å². The molecular formula is C21H31F3O4S2. The number of ether oxygens (including phenoxy) is 1. The second-order valence-electron chi connectivity index (χ2n) is 10.7. The molecule has 172 valence electrons. The molecule has 0 radical (unpaired) electrons. The molecule has 0 amide bonds. The van der Waals surface area contributed by atoms with Gasteiger partial charge in [-0.3, -0.25) is 4.79 Å². The van der Waals surface area contributed by atoms with Crippen LogP contribution in [0.5, 0.6) is 0 Å². The second kappa shape index (κ2) is 7.45. The zero-order valence-corrected chi connectivity index (χ0v) is 19.1. The SMILES string of the molecule is CC(C)(COC(=O)C12CC3CC(C1)C1(SCC(CO)(CO)CS1)C(C3)C2)C(F)(F)F. The Morgan fingerprint density at radius 3 is 2.03 bits per heavy atom. The minimum Gasteiger partial charge on any atom is -0.464 e. The molecular weight excluding hydrogens is 437 g/mol. The quantitative estimate of drug-likeness (QED) is 0.593. The van der Waals surface area contributed by atoms with Crippen molar-refractivity contribution in [2.45, 2.75) is 56.2 Å². The molecule has 4 saturated carbocycles. The molecule has 4 aliphatic carbocycles. The second-order valence-corrected chi connectivity index (χ2v) is 13.5. The van der Waals surface area contributed by atoms with Gasteiger partial charge in [0.2, 0.25) is 0 Å². The third-order valence-electron chi connectivity index (χ3n) is 7.97. The highest BCUT2D eigenvalue weighted by Crippen LogP contribution is 2.72. The van der Waals surface area contributed by atoms with Gasteiger partial charge in [0, 0.05) is 16.9 Å². The van der Waals surface area contributed by atoms with Crippen molar-refractivity contribution in [2.75, 3.05) is 31.3 Å². The van der Waals surface area contributed by atoms with Crippen LogP contribution < -0.4 is 0 Å². The van der Waals surface area contributed by atoms with Crippen LogP contribution in [0.25, 0.3) is 0 Å². The Hall–Kier alpha value is -0.120. The molecule has 30 heavy (non-hydrogen) atoms. The van der Waals surface area contributed by atoms with Crippen LogP contribution in [0.3, 0.4) is 0 Å². The smallest absolute Gasteiger partial charge is 0.397 e. The lowest BCUT2D eigenvalue weighted by Gasteiger charge is -2.65. The van der Waals surface area contributed by atoms with E-state index in [-0.39, 0.29) is 17.3 Å². The van der Waals surface area contributed by atoms with Gasteiger partial charge in [0.1, 0.15) is 6.61 Å². The summed E-state index contributed by atoms with van der Waals surface area (Å²) in [6.07, 6.45) is -0.239. The van der Waals surface area contributed by atoms with Gasteiger partial charge < -0.3 is 14.9 Å². The van der Waals surface area contributed by atoms with Crippen molar-refractivity contribution in [1.29, 1.82) is 0 Å². The van der Waals surface area contributed by atoms with Crippen LogP contribution in [0, 0.1) is 34.0 Å². The Labute approximate surface area is 184 Å². The standard InChI is InChI=1S/C21H31F3O4S2/c1-17(2,21(22,23)24)10-28-16(27)19-5-13-3-14(6-19)20(15(4-13)7-19)29-11-18(8-25,9-26)12-30-20/h13-15,25-26H,3-12H2,1-2H3. The normalized spacial score (nSPS) is 36.8. The van der Waals surface area contributed by atoms with Gasteiger partial charge in [-0.1, -0.05) is 0 Å². The Kier molecular flexibility index (Phi) is 5.73. The summed E-state index contributed by atoms with van der Waals surface area (Å²) in [5, 5.41) is 19.5. The van der Waals surface area contributed by atoms with Crippen LogP contribution in [0.2, 0.25) is 0 Å². The van der Waals surface area contributed by atoms with E-state index in [4.69, 9.17) is 4.74 Å². The first-order valence-corrected chi connectivity index (χ1v) is 12.6. The number of alkyl halides is 3. The Morgan fingerprint density at radius 2 is 1.57 bits per heavy atom. The maximum Gasteiger partial charge on any atom is 0.397 e. The van der Waals surface area contributed by atoms with Crippen LogP contribution in [0.1, 0.15) is 46.0 Å². The molecule has 5 fully saturated rings. The first kappa shape index (κ1) is 23.1. The lowest BCUT2D eigenvalue weighted by atomic mass is 9.49. The van der Waals surface area contributed by atoms with Crippen molar-refractivity contribution in [3.8, 4) is 0 Å². The monoisotopic (exact) mass is 468 g/mol. The van der Waals surface area contributed by atoms with Gasteiger partial charge in [0.25, 0.3) is 0 Å². The van der Waals surface area contributed by atoms with Crippen molar-refractivity contribution in [3.63, 3.8) is 0 Å². The van der Waals surface area contributed by atoms with Gasteiger partial charge in [0.05, 0.1) is 28.1 Å². The molecule has 5 rings (SSSR count). The predicted octanol–water partition coefficient (Wildman–Crippen LogP) is 4.09. The maximum atomic E-state index is 13.2. The van der Waals surface area contributed by atoms with Crippen LogP contribution in [-0.2, 0) is 9.53 Å². The van der Waals surface area contributed by atoms with Gasteiger partial charge >= 0.3 is 12.1 Å². The van der Waals surface area contributed by atoms with Crippen LogP contribution >= 0.6 is 23.5 Å². The predicted molar refractivity (Wildman–Crippen MR) is 111 cm³/mol. The zero-order valence-electron chi connectivity index (χ0n) is 17.5. The minimum atomic E-state index is -4.42. The highest BCUT2D eigenvalue weighted by atomic mass is 32.2. The number of hydrogen-bond donors (Lipinski definition) is 2. The van der Waals surface area contributed by atoms with Gasteiger partial charge in [0.15, 0.2) is 0 Å². The summed E-state index contributed by atoms with van der Waals surface area (Å²) in [5.74, 6) is 2.01. The first-order valence-electron chi connectivity index (χ1n) is 10.6. The van der Waals surface area contributed by atoms with E-state index in [1.165, 1.54) is 0 Å². The van der Waals surface area contributed by atoms with Crippen LogP contribution in [0.4, 0.5) is 13.2 Å².